The Balaban J connectivity index is 2.17. The van der Waals surface area contributed by atoms with Gasteiger partial charge in [-0.15, -0.1) is 12.3 Å². The fourth-order valence-corrected chi connectivity index (χ4v) is 2.77. The van der Waals surface area contributed by atoms with Crippen LogP contribution in [0.4, 0.5) is 0 Å². The van der Waals surface area contributed by atoms with Crippen molar-refractivity contribution in [2.75, 3.05) is 45.0 Å². The summed E-state index contributed by atoms with van der Waals surface area (Å²) in [4.78, 5) is 2.16. The quantitative estimate of drug-likeness (QED) is 0.465. The molecule has 0 bridgehead atoms. The molecule has 17 heavy (non-hydrogen) atoms. The molecular formula is C11H21N3O2S. The van der Waals surface area contributed by atoms with E-state index in [9.17, 15) is 8.42 Å². The molecule has 1 aliphatic heterocycles. The zero-order chi connectivity index (χ0) is 12.6. The second-order valence-corrected chi connectivity index (χ2v) is 6.04. The zero-order valence-electron chi connectivity index (χ0n) is 10.1. The first-order valence-electron chi connectivity index (χ1n) is 5.98. The molecule has 0 aromatic rings. The first-order chi connectivity index (χ1) is 8.14. The Kier molecular flexibility index (Phi) is 6.52. The minimum atomic E-state index is -3.14. The minimum absolute atomic E-state index is 0.170. The first-order valence-corrected chi connectivity index (χ1v) is 7.63. The Labute approximate surface area is 104 Å². The number of hydrogen-bond acceptors (Lipinski definition) is 4. The molecule has 1 fully saturated rings. The number of terminal acetylenes is 1. The van der Waals surface area contributed by atoms with E-state index in [1.54, 1.807) is 0 Å². The molecule has 1 heterocycles. The van der Waals surface area contributed by atoms with Crippen LogP contribution in [-0.2, 0) is 10.0 Å². The SMILES string of the molecule is C#CCCCNS(=O)(=O)CCN1CCNCC1. The molecule has 1 aliphatic rings. The lowest BCUT2D eigenvalue weighted by atomic mass is 10.3. The van der Waals surface area contributed by atoms with E-state index in [1.165, 1.54) is 0 Å². The highest BCUT2D eigenvalue weighted by atomic mass is 32.2. The van der Waals surface area contributed by atoms with E-state index >= 15 is 0 Å². The highest BCUT2D eigenvalue weighted by molar-refractivity contribution is 7.89. The molecular weight excluding hydrogens is 238 g/mol. The van der Waals surface area contributed by atoms with Crippen molar-refractivity contribution in [3.8, 4) is 12.3 Å². The van der Waals surface area contributed by atoms with Crippen LogP contribution >= 0.6 is 0 Å². The van der Waals surface area contributed by atoms with Crippen LogP contribution in [0.15, 0.2) is 0 Å². The van der Waals surface area contributed by atoms with Crippen LogP contribution < -0.4 is 10.0 Å². The molecule has 0 unspecified atom stereocenters. The van der Waals surface area contributed by atoms with Gasteiger partial charge in [0.2, 0.25) is 10.0 Å². The molecule has 5 nitrogen and oxygen atoms in total. The summed E-state index contributed by atoms with van der Waals surface area (Å²) >= 11 is 0. The van der Waals surface area contributed by atoms with Gasteiger partial charge < -0.3 is 5.32 Å². The first kappa shape index (κ1) is 14.5. The lowest BCUT2D eigenvalue weighted by molar-refractivity contribution is 0.253. The van der Waals surface area contributed by atoms with Gasteiger partial charge in [0, 0.05) is 45.7 Å². The van der Waals surface area contributed by atoms with Crippen molar-refractivity contribution in [1.29, 1.82) is 0 Å². The van der Waals surface area contributed by atoms with Crippen LogP contribution in [-0.4, -0.2) is 58.3 Å². The van der Waals surface area contributed by atoms with Crippen molar-refractivity contribution in [3.05, 3.63) is 0 Å². The summed E-state index contributed by atoms with van der Waals surface area (Å²) in [7, 11) is -3.14. The molecule has 0 amide bonds. The second kappa shape index (κ2) is 7.67. The maximum Gasteiger partial charge on any atom is 0.212 e. The fourth-order valence-electron chi connectivity index (χ4n) is 1.67. The van der Waals surface area contributed by atoms with E-state index in [0.29, 0.717) is 25.9 Å². The smallest absolute Gasteiger partial charge is 0.212 e. The van der Waals surface area contributed by atoms with Gasteiger partial charge in [-0.05, 0) is 6.42 Å². The molecule has 0 atom stereocenters. The predicted octanol–water partition coefficient (Wildman–Crippen LogP) is -0.776. The highest BCUT2D eigenvalue weighted by Crippen LogP contribution is 1.95. The van der Waals surface area contributed by atoms with E-state index in [1.807, 2.05) is 0 Å². The standard InChI is InChI=1S/C11H21N3O2S/c1-2-3-4-5-13-17(15,16)11-10-14-8-6-12-7-9-14/h1,12-13H,3-11H2. The fraction of sp³-hybridized carbons (Fsp3) is 0.818. The van der Waals surface area contributed by atoms with E-state index in [0.717, 1.165) is 26.2 Å². The third-order valence-electron chi connectivity index (χ3n) is 2.71. The molecule has 0 aromatic heterocycles. The monoisotopic (exact) mass is 259 g/mol. The summed E-state index contributed by atoms with van der Waals surface area (Å²) in [6.45, 7) is 4.77. The highest BCUT2D eigenvalue weighted by Gasteiger charge is 2.14. The maximum atomic E-state index is 11.6. The third kappa shape index (κ3) is 6.64. The molecule has 1 saturated heterocycles. The normalized spacial score (nSPS) is 17.8. The van der Waals surface area contributed by atoms with Gasteiger partial charge in [0.05, 0.1) is 5.75 Å². The van der Waals surface area contributed by atoms with Crippen molar-refractivity contribution < 1.29 is 8.42 Å². The summed E-state index contributed by atoms with van der Waals surface area (Å²) in [5.74, 6) is 2.66. The number of piperazine rings is 1. The van der Waals surface area contributed by atoms with Gasteiger partial charge in [-0.3, -0.25) is 4.90 Å². The molecule has 98 valence electrons. The van der Waals surface area contributed by atoms with E-state index in [4.69, 9.17) is 6.42 Å². The molecule has 2 N–H and O–H groups in total. The van der Waals surface area contributed by atoms with Crippen molar-refractivity contribution in [2.45, 2.75) is 12.8 Å². The van der Waals surface area contributed by atoms with Crippen LogP contribution in [0, 0.1) is 12.3 Å². The molecule has 0 spiro atoms. The van der Waals surface area contributed by atoms with Crippen LogP contribution in [0.5, 0.6) is 0 Å². The lowest BCUT2D eigenvalue weighted by Gasteiger charge is -2.26. The zero-order valence-corrected chi connectivity index (χ0v) is 10.9. The van der Waals surface area contributed by atoms with Gasteiger partial charge in [-0.25, -0.2) is 13.1 Å². The summed E-state index contributed by atoms with van der Waals surface area (Å²) in [6, 6.07) is 0. The Hall–Kier alpha value is -0.610. The number of sulfonamides is 1. The number of nitrogens with zero attached hydrogens (tertiary/aromatic N) is 1. The van der Waals surface area contributed by atoms with Gasteiger partial charge in [-0.2, -0.15) is 0 Å². The Bertz CT molecular complexity index is 342. The van der Waals surface area contributed by atoms with Crippen molar-refractivity contribution >= 4 is 10.0 Å². The van der Waals surface area contributed by atoms with Gasteiger partial charge in [0.15, 0.2) is 0 Å². The Morgan fingerprint density at radius 2 is 2.06 bits per heavy atom. The Morgan fingerprint density at radius 3 is 2.71 bits per heavy atom. The van der Waals surface area contributed by atoms with Crippen LogP contribution in [0.25, 0.3) is 0 Å². The number of nitrogens with one attached hydrogen (secondary N) is 2. The van der Waals surface area contributed by atoms with Gasteiger partial charge in [0.25, 0.3) is 0 Å². The van der Waals surface area contributed by atoms with E-state index < -0.39 is 10.0 Å². The van der Waals surface area contributed by atoms with Gasteiger partial charge in [-0.1, -0.05) is 0 Å². The molecule has 0 radical (unpaired) electrons. The number of hydrogen-bond donors (Lipinski definition) is 2. The summed E-state index contributed by atoms with van der Waals surface area (Å²) in [5, 5.41) is 3.23. The Morgan fingerprint density at radius 1 is 1.35 bits per heavy atom. The van der Waals surface area contributed by atoms with Crippen molar-refractivity contribution in [3.63, 3.8) is 0 Å². The van der Waals surface area contributed by atoms with E-state index in [2.05, 4.69) is 20.9 Å². The molecule has 1 rings (SSSR count). The largest absolute Gasteiger partial charge is 0.314 e. The average molecular weight is 259 g/mol. The maximum absolute atomic E-state index is 11.6. The molecule has 0 aliphatic carbocycles. The predicted molar refractivity (Wildman–Crippen MR) is 69.2 cm³/mol. The summed E-state index contributed by atoms with van der Waals surface area (Å²) in [6.07, 6.45) is 6.40. The topological polar surface area (TPSA) is 61.4 Å². The van der Waals surface area contributed by atoms with Crippen LogP contribution in [0.2, 0.25) is 0 Å². The molecule has 6 heteroatoms. The number of unbranched alkanes of at least 4 members (excludes halogenated alkanes) is 1. The minimum Gasteiger partial charge on any atom is -0.314 e. The van der Waals surface area contributed by atoms with Gasteiger partial charge >= 0.3 is 0 Å². The molecule has 0 aromatic carbocycles. The third-order valence-corrected chi connectivity index (χ3v) is 4.07. The average Bonchev–Trinajstić information content (AvgIpc) is 2.34. The number of rotatable bonds is 7. The van der Waals surface area contributed by atoms with Gasteiger partial charge in [0.1, 0.15) is 0 Å². The van der Waals surface area contributed by atoms with Crippen molar-refractivity contribution in [1.82, 2.24) is 14.9 Å². The van der Waals surface area contributed by atoms with Crippen LogP contribution in [0.1, 0.15) is 12.8 Å². The second-order valence-electron chi connectivity index (χ2n) is 4.11. The van der Waals surface area contributed by atoms with Crippen LogP contribution in [0.3, 0.4) is 0 Å². The van der Waals surface area contributed by atoms with E-state index in [-0.39, 0.29) is 5.75 Å². The summed E-state index contributed by atoms with van der Waals surface area (Å²) < 4.78 is 25.8. The molecule has 0 saturated carbocycles. The summed E-state index contributed by atoms with van der Waals surface area (Å²) in [5.41, 5.74) is 0. The van der Waals surface area contributed by atoms with Crippen molar-refractivity contribution in [2.24, 2.45) is 0 Å². The lowest BCUT2D eigenvalue weighted by Crippen LogP contribution is -2.45.